The van der Waals surface area contributed by atoms with Gasteiger partial charge in [0.1, 0.15) is 11.9 Å². The third-order valence-electron chi connectivity index (χ3n) is 3.20. The van der Waals surface area contributed by atoms with E-state index in [2.05, 4.69) is 4.98 Å². The minimum atomic E-state index is -0.806. The molecule has 1 aliphatic heterocycles. The van der Waals surface area contributed by atoms with Gasteiger partial charge in [0.2, 0.25) is 0 Å². The smallest absolute Gasteiger partial charge is 0.321 e. The second kappa shape index (κ2) is 4.79. The molecule has 2 heterocycles. The summed E-state index contributed by atoms with van der Waals surface area (Å²) >= 11 is 0. The lowest BCUT2D eigenvalue weighted by atomic mass is 10.0. The molecule has 0 radical (unpaired) electrons. The third kappa shape index (κ3) is 2.61. The monoisotopic (exact) mass is 238 g/mol. The summed E-state index contributed by atoms with van der Waals surface area (Å²) in [5, 5.41) is 9.16. The zero-order valence-corrected chi connectivity index (χ0v) is 9.64. The second-order valence-corrected chi connectivity index (χ2v) is 4.53. The molecule has 1 aromatic heterocycles. The lowest BCUT2D eigenvalue weighted by Crippen LogP contribution is -2.38. The van der Waals surface area contributed by atoms with Gasteiger partial charge in [0.25, 0.3) is 0 Å². The number of hydrogen-bond donors (Lipinski definition) is 1. The summed E-state index contributed by atoms with van der Waals surface area (Å²) < 4.78 is 13.0. The highest BCUT2D eigenvalue weighted by Crippen LogP contribution is 2.25. The topological polar surface area (TPSA) is 53.4 Å². The van der Waals surface area contributed by atoms with Gasteiger partial charge in [-0.05, 0) is 30.5 Å². The summed E-state index contributed by atoms with van der Waals surface area (Å²) in [6, 6.07) is 0.924. The molecule has 2 rings (SSSR count). The average molecular weight is 238 g/mol. The first-order valence-corrected chi connectivity index (χ1v) is 5.64. The van der Waals surface area contributed by atoms with Crippen molar-refractivity contribution in [2.75, 3.05) is 6.54 Å². The van der Waals surface area contributed by atoms with Crippen LogP contribution in [0.4, 0.5) is 4.39 Å². The van der Waals surface area contributed by atoms with Gasteiger partial charge in [-0.2, -0.15) is 0 Å². The third-order valence-corrected chi connectivity index (χ3v) is 3.20. The fraction of sp³-hybridized carbons (Fsp3) is 0.500. The molecule has 92 valence electrons. The van der Waals surface area contributed by atoms with Crippen LogP contribution in [0.15, 0.2) is 18.5 Å². The number of rotatable bonds is 3. The highest BCUT2D eigenvalue weighted by atomic mass is 19.1. The van der Waals surface area contributed by atoms with Gasteiger partial charge in [0.15, 0.2) is 0 Å². The van der Waals surface area contributed by atoms with Crippen molar-refractivity contribution in [3.8, 4) is 0 Å². The van der Waals surface area contributed by atoms with Gasteiger partial charge in [-0.15, -0.1) is 0 Å². The molecule has 17 heavy (non-hydrogen) atoms. The van der Waals surface area contributed by atoms with Crippen LogP contribution >= 0.6 is 0 Å². The molecular weight excluding hydrogens is 223 g/mol. The highest BCUT2D eigenvalue weighted by molar-refractivity contribution is 5.74. The van der Waals surface area contributed by atoms with E-state index >= 15 is 0 Å². The maximum atomic E-state index is 13.0. The average Bonchev–Trinajstić information content (AvgIpc) is 2.59. The predicted molar refractivity (Wildman–Crippen MR) is 59.8 cm³/mol. The van der Waals surface area contributed by atoms with Crippen LogP contribution in [-0.2, 0) is 11.3 Å². The van der Waals surface area contributed by atoms with E-state index in [0.29, 0.717) is 12.1 Å². The van der Waals surface area contributed by atoms with E-state index in [1.165, 1.54) is 6.07 Å². The summed E-state index contributed by atoms with van der Waals surface area (Å²) in [7, 11) is 0. The molecule has 0 spiro atoms. The molecule has 0 aromatic carbocycles. The molecule has 4 nitrogen and oxygen atoms in total. The highest BCUT2D eigenvalue weighted by Gasteiger charge is 2.36. The molecule has 1 aromatic rings. The Kier molecular flexibility index (Phi) is 3.38. The van der Waals surface area contributed by atoms with E-state index in [1.54, 1.807) is 6.20 Å². The van der Waals surface area contributed by atoms with E-state index in [9.17, 15) is 9.18 Å². The predicted octanol–water partition coefficient (Wildman–Crippen LogP) is 1.52. The minimum Gasteiger partial charge on any atom is -0.480 e. The largest absolute Gasteiger partial charge is 0.480 e. The summed E-state index contributed by atoms with van der Waals surface area (Å²) in [5.41, 5.74) is 0.713. The fourth-order valence-corrected chi connectivity index (χ4v) is 2.38. The fourth-order valence-electron chi connectivity index (χ4n) is 2.38. The lowest BCUT2D eigenvalue weighted by molar-refractivity contribution is -0.143. The summed E-state index contributed by atoms with van der Waals surface area (Å²) in [4.78, 5) is 16.8. The number of hydrogen-bond acceptors (Lipinski definition) is 3. The Bertz CT molecular complexity index is 425. The molecule has 0 saturated carbocycles. The van der Waals surface area contributed by atoms with Crippen LogP contribution in [0.1, 0.15) is 18.9 Å². The number of nitrogens with zero attached hydrogens (tertiary/aromatic N) is 2. The summed E-state index contributed by atoms with van der Waals surface area (Å²) in [5.74, 6) is -1.06. The summed E-state index contributed by atoms with van der Waals surface area (Å²) in [6.45, 7) is 3.10. The Morgan fingerprint density at radius 1 is 1.65 bits per heavy atom. The van der Waals surface area contributed by atoms with Crippen molar-refractivity contribution in [3.05, 3.63) is 29.8 Å². The van der Waals surface area contributed by atoms with Gasteiger partial charge < -0.3 is 5.11 Å². The number of aliphatic carboxylic acids is 1. The molecule has 0 aliphatic carbocycles. The van der Waals surface area contributed by atoms with E-state index in [1.807, 2.05) is 11.8 Å². The zero-order valence-electron chi connectivity index (χ0n) is 9.64. The zero-order chi connectivity index (χ0) is 12.4. The molecule has 0 amide bonds. The van der Waals surface area contributed by atoms with E-state index < -0.39 is 12.0 Å². The Balaban J connectivity index is 2.11. The number of aromatic nitrogens is 1. The van der Waals surface area contributed by atoms with Crippen molar-refractivity contribution in [2.24, 2.45) is 5.92 Å². The van der Waals surface area contributed by atoms with Gasteiger partial charge in [0, 0.05) is 12.7 Å². The van der Waals surface area contributed by atoms with E-state index in [4.69, 9.17) is 5.11 Å². The van der Waals surface area contributed by atoms with Gasteiger partial charge in [-0.25, -0.2) is 4.39 Å². The first kappa shape index (κ1) is 12.0. The Hall–Kier alpha value is -1.49. The molecular formula is C12H15FN2O2. The number of likely N-dealkylation sites (tertiary alicyclic amines) is 1. The summed E-state index contributed by atoms with van der Waals surface area (Å²) in [6.07, 6.45) is 3.58. The van der Waals surface area contributed by atoms with E-state index in [-0.39, 0.29) is 11.7 Å². The second-order valence-electron chi connectivity index (χ2n) is 4.53. The molecule has 2 unspecified atom stereocenters. The van der Waals surface area contributed by atoms with Crippen LogP contribution in [0.3, 0.4) is 0 Å². The van der Waals surface area contributed by atoms with Gasteiger partial charge in [0.05, 0.1) is 6.20 Å². The van der Waals surface area contributed by atoms with Crippen molar-refractivity contribution in [1.29, 1.82) is 0 Å². The first-order valence-electron chi connectivity index (χ1n) is 5.64. The normalized spacial score (nSPS) is 25.1. The van der Waals surface area contributed by atoms with Gasteiger partial charge in [-0.3, -0.25) is 14.7 Å². The van der Waals surface area contributed by atoms with E-state index in [0.717, 1.165) is 19.2 Å². The molecule has 5 heteroatoms. The Labute approximate surface area is 99.1 Å². The number of pyridine rings is 1. The van der Waals surface area contributed by atoms with Crippen molar-refractivity contribution in [2.45, 2.75) is 25.9 Å². The Morgan fingerprint density at radius 2 is 2.41 bits per heavy atom. The number of carbonyl (C=O) groups is 1. The van der Waals surface area contributed by atoms with Crippen molar-refractivity contribution in [3.63, 3.8) is 0 Å². The molecule has 0 bridgehead atoms. The van der Waals surface area contributed by atoms with Crippen LogP contribution in [0, 0.1) is 11.7 Å². The lowest BCUT2D eigenvalue weighted by Gasteiger charge is -2.22. The Morgan fingerprint density at radius 3 is 3.06 bits per heavy atom. The molecule has 1 aliphatic rings. The first-order chi connectivity index (χ1) is 8.08. The quantitative estimate of drug-likeness (QED) is 0.867. The SMILES string of the molecule is CC1CCN(Cc2cncc(F)c2)C1C(=O)O. The van der Waals surface area contributed by atoms with Gasteiger partial charge in [-0.1, -0.05) is 6.92 Å². The number of halogens is 1. The van der Waals surface area contributed by atoms with Crippen LogP contribution in [0.2, 0.25) is 0 Å². The molecule has 1 saturated heterocycles. The number of carboxylic acids is 1. The van der Waals surface area contributed by atoms with Crippen LogP contribution < -0.4 is 0 Å². The standard InChI is InChI=1S/C12H15FN2O2/c1-8-2-3-15(11(8)12(16)17)7-9-4-10(13)6-14-5-9/h4-6,8,11H,2-3,7H2,1H3,(H,16,17). The maximum absolute atomic E-state index is 13.0. The van der Waals surface area contributed by atoms with Crippen molar-refractivity contribution in [1.82, 2.24) is 9.88 Å². The van der Waals surface area contributed by atoms with Crippen LogP contribution in [0.25, 0.3) is 0 Å². The number of carboxylic acid groups (broad SMARTS) is 1. The molecule has 2 atom stereocenters. The molecule has 1 fully saturated rings. The van der Waals surface area contributed by atoms with Crippen molar-refractivity contribution >= 4 is 5.97 Å². The minimum absolute atomic E-state index is 0.133. The van der Waals surface area contributed by atoms with Crippen LogP contribution in [0.5, 0.6) is 0 Å². The van der Waals surface area contributed by atoms with Crippen LogP contribution in [-0.4, -0.2) is 33.5 Å². The maximum Gasteiger partial charge on any atom is 0.321 e. The molecule has 1 N–H and O–H groups in total. The van der Waals surface area contributed by atoms with Gasteiger partial charge >= 0.3 is 5.97 Å². The van der Waals surface area contributed by atoms with Crippen molar-refractivity contribution < 1.29 is 14.3 Å².